The third-order valence-corrected chi connectivity index (χ3v) is 3.75. The van der Waals surface area contributed by atoms with Crippen molar-refractivity contribution in [1.82, 2.24) is 25.4 Å². The molecule has 23 heavy (non-hydrogen) atoms. The maximum atomic E-state index is 12.1. The quantitative estimate of drug-likeness (QED) is 0.636. The summed E-state index contributed by atoms with van der Waals surface area (Å²) in [6, 6.07) is 0. The molecule has 0 radical (unpaired) electrons. The maximum absolute atomic E-state index is 12.1. The highest BCUT2D eigenvalue weighted by atomic mass is 19.4. The van der Waals surface area contributed by atoms with Gasteiger partial charge in [-0.2, -0.15) is 13.2 Å². The fourth-order valence-corrected chi connectivity index (χ4v) is 2.57. The van der Waals surface area contributed by atoms with Crippen LogP contribution in [0.1, 0.15) is 37.3 Å². The Labute approximate surface area is 133 Å². The number of halogens is 3. The second-order valence-corrected chi connectivity index (χ2v) is 5.54. The second-order valence-electron chi connectivity index (χ2n) is 5.54. The number of nitrogens with zero attached hydrogens (tertiary/aromatic N) is 4. The molecule has 0 aliphatic carbocycles. The molecule has 6 nitrogen and oxygen atoms in total. The van der Waals surface area contributed by atoms with Gasteiger partial charge < -0.3 is 15.2 Å². The molecule has 130 valence electrons. The molecule has 0 saturated heterocycles. The lowest BCUT2D eigenvalue weighted by molar-refractivity contribution is -0.132. The third-order valence-electron chi connectivity index (χ3n) is 3.75. The molecule has 1 aliphatic rings. The number of hydrogen-bond acceptors (Lipinski definition) is 3. The van der Waals surface area contributed by atoms with Gasteiger partial charge in [0.1, 0.15) is 11.6 Å². The standard InChI is InChI=1S/C14H23F3N6/c1-18-13(20-9-7-14(15,16)17)19-8-6-12-22-21-11-5-3-2-4-10-23(11)12/h2-10H2,1H3,(H2,18,19,20). The van der Waals surface area contributed by atoms with Crippen molar-refractivity contribution in [3.63, 3.8) is 0 Å². The topological polar surface area (TPSA) is 67.1 Å². The van der Waals surface area contributed by atoms with Crippen LogP contribution in [0.4, 0.5) is 13.2 Å². The lowest BCUT2D eigenvalue weighted by atomic mass is 10.2. The Kier molecular flexibility index (Phi) is 6.23. The van der Waals surface area contributed by atoms with Crippen LogP contribution < -0.4 is 10.6 Å². The van der Waals surface area contributed by atoms with Crippen LogP contribution in [0.2, 0.25) is 0 Å². The van der Waals surface area contributed by atoms with Gasteiger partial charge in [-0.1, -0.05) is 6.42 Å². The Morgan fingerprint density at radius 2 is 1.96 bits per heavy atom. The van der Waals surface area contributed by atoms with Gasteiger partial charge in [0.25, 0.3) is 0 Å². The Balaban J connectivity index is 1.76. The van der Waals surface area contributed by atoms with E-state index in [0.29, 0.717) is 18.9 Å². The Bertz CT molecular complexity index is 523. The summed E-state index contributed by atoms with van der Waals surface area (Å²) in [5.74, 6) is 2.31. The minimum atomic E-state index is -4.16. The number of aryl methyl sites for hydroxylation is 1. The van der Waals surface area contributed by atoms with Gasteiger partial charge in [0.15, 0.2) is 5.96 Å². The first-order chi connectivity index (χ1) is 11.0. The predicted molar refractivity (Wildman–Crippen MR) is 81.3 cm³/mol. The summed E-state index contributed by atoms with van der Waals surface area (Å²) in [5.41, 5.74) is 0. The van der Waals surface area contributed by atoms with Crippen molar-refractivity contribution in [2.75, 3.05) is 20.1 Å². The summed E-state index contributed by atoms with van der Waals surface area (Å²) < 4.78 is 38.5. The van der Waals surface area contributed by atoms with E-state index in [1.165, 1.54) is 13.5 Å². The van der Waals surface area contributed by atoms with E-state index in [2.05, 4.69) is 30.4 Å². The zero-order chi connectivity index (χ0) is 16.7. The average molecular weight is 332 g/mol. The summed E-state index contributed by atoms with van der Waals surface area (Å²) in [4.78, 5) is 3.91. The fraction of sp³-hybridized carbons (Fsp3) is 0.786. The summed E-state index contributed by atoms with van der Waals surface area (Å²) in [7, 11) is 1.53. The molecule has 0 amide bonds. The third kappa shape index (κ3) is 5.72. The number of rotatable bonds is 5. The van der Waals surface area contributed by atoms with Crippen molar-refractivity contribution in [2.24, 2.45) is 4.99 Å². The molecule has 0 fully saturated rings. The fourth-order valence-electron chi connectivity index (χ4n) is 2.57. The molecular weight excluding hydrogens is 309 g/mol. The van der Waals surface area contributed by atoms with E-state index in [0.717, 1.165) is 37.5 Å². The van der Waals surface area contributed by atoms with Gasteiger partial charge in [0, 0.05) is 39.5 Å². The van der Waals surface area contributed by atoms with Crippen molar-refractivity contribution in [2.45, 2.75) is 51.2 Å². The smallest absolute Gasteiger partial charge is 0.356 e. The van der Waals surface area contributed by atoms with Crippen LogP contribution in [0.5, 0.6) is 0 Å². The van der Waals surface area contributed by atoms with Gasteiger partial charge in [-0.25, -0.2) is 0 Å². The molecule has 0 saturated carbocycles. The van der Waals surface area contributed by atoms with Crippen LogP contribution in [0.25, 0.3) is 0 Å². The van der Waals surface area contributed by atoms with Crippen LogP contribution in [-0.4, -0.2) is 47.0 Å². The molecule has 0 aromatic carbocycles. The molecule has 1 aromatic heterocycles. The summed E-state index contributed by atoms with van der Waals surface area (Å²) in [6.45, 7) is 1.30. The van der Waals surface area contributed by atoms with E-state index in [1.807, 2.05) is 0 Å². The summed E-state index contributed by atoms with van der Waals surface area (Å²) in [6.07, 6.45) is 0.0551. The minimum Gasteiger partial charge on any atom is -0.356 e. The highest BCUT2D eigenvalue weighted by molar-refractivity contribution is 5.79. The molecule has 1 aliphatic heterocycles. The van der Waals surface area contributed by atoms with E-state index < -0.39 is 12.6 Å². The zero-order valence-corrected chi connectivity index (χ0v) is 13.3. The highest BCUT2D eigenvalue weighted by Gasteiger charge is 2.26. The molecule has 2 N–H and O–H groups in total. The minimum absolute atomic E-state index is 0.191. The SMILES string of the molecule is CN=C(NCCc1nnc2n1CCCCC2)NCCC(F)(F)F. The largest absolute Gasteiger partial charge is 0.390 e. The number of guanidine groups is 1. The van der Waals surface area contributed by atoms with E-state index in [9.17, 15) is 13.2 Å². The highest BCUT2D eigenvalue weighted by Crippen LogP contribution is 2.18. The predicted octanol–water partition coefficient (Wildman–Crippen LogP) is 1.66. The molecule has 1 aromatic rings. The first-order valence-corrected chi connectivity index (χ1v) is 7.92. The van der Waals surface area contributed by atoms with Gasteiger partial charge in [0.05, 0.1) is 6.42 Å². The zero-order valence-electron chi connectivity index (χ0n) is 13.3. The second kappa shape index (κ2) is 8.16. The number of aromatic nitrogens is 3. The van der Waals surface area contributed by atoms with Gasteiger partial charge in [0.2, 0.25) is 0 Å². The van der Waals surface area contributed by atoms with Crippen LogP contribution >= 0.6 is 0 Å². The molecule has 9 heteroatoms. The summed E-state index contributed by atoms with van der Waals surface area (Å²) >= 11 is 0. The number of aliphatic imine (C=N–C) groups is 1. The van der Waals surface area contributed by atoms with Gasteiger partial charge in [-0.15, -0.1) is 10.2 Å². The van der Waals surface area contributed by atoms with E-state index in [-0.39, 0.29) is 6.54 Å². The monoisotopic (exact) mass is 332 g/mol. The Hall–Kier alpha value is -1.80. The van der Waals surface area contributed by atoms with Crippen molar-refractivity contribution >= 4 is 5.96 Å². The van der Waals surface area contributed by atoms with Gasteiger partial charge >= 0.3 is 6.18 Å². The first-order valence-electron chi connectivity index (χ1n) is 7.92. The first kappa shape index (κ1) is 17.6. The number of hydrogen-bond donors (Lipinski definition) is 2. The van der Waals surface area contributed by atoms with Crippen LogP contribution in [-0.2, 0) is 19.4 Å². The summed E-state index contributed by atoms with van der Waals surface area (Å²) in [5, 5.41) is 14.1. The maximum Gasteiger partial charge on any atom is 0.390 e. The number of alkyl halides is 3. The molecule has 2 heterocycles. The average Bonchev–Trinajstić information content (AvgIpc) is 2.72. The van der Waals surface area contributed by atoms with Crippen LogP contribution in [0.3, 0.4) is 0 Å². The van der Waals surface area contributed by atoms with E-state index in [1.54, 1.807) is 0 Å². The Morgan fingerprint density at radius 3 is 2.70 bits per heavy atom. The van der Waals surface area contributed by atoms with Gasteiger partial charge in [-0.05, 0) is 12.8 Å². The van der Waals surface area contributed by atoms with Crippen molar-refractivity contribution < 1.29 is 13.2 Å². The normalized spacial score (nSPS) is 15.9. The van der Waals surface area contributed by atoms with Crippen LogP contribution in [0.15, 0.2) is 4.99 Å². The number of fused-ring (bicyclic) bond motifs is 1. The molecule has 0 spiro atoms. The molecule has 0 bridgehead atoms. The molecular formula is C14H23F3N6. The van der Waals surface area contributed by atoms with Crippen molar-refractivity contribution in [1.29, 1.82) is 0 Å². The van der Waals surface area contributed by atoms with Crippen molar-refractivity contribution in [3.05, 3.63) is 11.6 Å². The van der Waals surface area contributed by atoms with Gasteiger partial charge in [-0.3, -0.25) is 4.99 Å². The lowest BCUT2D eigenvalue weighted by Crippen LogP contribution is -2.40. The molecule has 0 unspecified atom stereocenters. The molecule has 2 rings (SSSR count). The van der Waals surface area contributed by atoms with E-state index in [4.69, 9.17) is 0 Å². The number of nitrogens with one attached hydrogen (secondary N) is 2. The van der Waals surface area contributed by atoms with Crippen LogP contribution in [0, 0.1) is 0 Å². The Morgan fingerprint density at radius 1 is 1.17 bits per heavy atom. The van der Waals surface area contributed by atoms with E-state index >= 15 is 0 Å². The molecule has 0 atom stereocenters. The van der Waals surface area contributed by atoms with Crippen molar-refractivity contribution in [3.8, 4) is 0 Å². The lowest BCUT2D eigenvalue weighted by Gasteiger charge is -2.13.